The van der Waals surface area contributed by atoms with E-state index in [1.807, 2.05) is 0 Å². The Balaban J connectivity index is 2.14. The van der Waals surface area contributed by atoms with E-state index in [-0.39, 0.29) is 36.4 Å². The Morgan fingerprint density at radius 3 is 3.05 bits per heavy atom. The molecule has 7 heteroatoms. The summed E-state index contributed by atoms with van der Waals surface area (Å²) in [5.74, 6) is -0.679. The van der Waals surface area contributed by atoms with Gasteiger partial charge in [0.15, 0.2) is 11.6 Å². The molecule has 6 nitrogen and oxygen atoms in total. The average molecular weight is 283 g/mol. The number of hydrogen-bond acceptors (Lipinski definition) is 5. The van der Waals surface area contributed by atoms with E-state index >= 15 is 0 Å². The minimum atomic E-state index is -0.681. The lowest BCUT2D eigenvalue weighted by Crippen LogP contribution is -2.27. The first-order valence-electron chi connectivity index (χ1n) is 6.39. The summed E-state index contributed by atoms with van der Waals surface area (Å²) in [6.07, 6.45) is 0.981. The summed E-state index contributed by atoms with van der Waals surface area (Å²) in [4.78, 5) is 17.0. The van der Waals surface area contributed by atoms with E-state index in [9.17, 15) is 14.3 Å². The maximum absolute atomic E-state index is 14.1. The van der Waals surface area contributed by atoms with E-state index in [0.29, 0.717) is 6.54 Å². The first kappa shape index (κ1) is 14.5. The van der Waals surface area contributed by atoms with Crippen molar-refractivity contribution >= 4 is 11.7 Å². The molecule has 1 aliphatic rings. The van der Waals surface area contributed by atoms with Gasteiger partial charge >= 0.3 is 0 Å². The monoisotopic (exact) mass is 283 g/mol. The molecular formula is C13H18FN3O3. The van der Waals surface area contributed by atoms with Crippen LogP contribution in [0.2, 0.25) is 0 Å². The fourth-order valence-electron chi connectivity index (χ4n) is 2.36. The predicted octanol–water partition coefficient (Wildman–Crippen LogP) is 0.162. The van der Waals surface area contributed by atoms with Crippen LogP contribution >= 0.6 is 0 Å². The summed E-state index contributed by atoms with van der Waals surface area (Å²) in [5, 5.41) is 12.5. The number of anilines is 1. The number of β-amino-alcohol motifs (C(OH)–C–C–N with tert-alkyl or cyclic N) is 1. The molecule has 1 saturated heterocycles. The third-order valence-corrected chi connectivity index (χ3v) is 3.49. The Morgan fingerprint density at radius 2 is 2.40 bits per heavy atom. The number of halogens is 1. The number of aromatic nitrogens is 1. The van der Waals surface area contributed by atoms with Gasteiger partial charge in [0, 0.05) is 44.7 Å². The maximum Gasteiger partial charge on any atom is 0.220 e. The molecule has 0 radical (unpaired) electrons. The highest BCUT2D eigenvalue weighted by molar-refractivity contribution is 5.76. The van der Waals surface area contributed by atoms with Crippen LogP contribution in [-0.2, 0) is 4.79 Å². The third kappa shape index (κ3) is 2.82. The van der Waals surface area contributed by atoms with Gasteiger partial charge < -0.3 is 20.1 Å². The zero-order chi connectivity index (χ0) is 14.7. The van der Waals surface area contributed by atoms with Gasteiger partial charge in [-0.15, -0.1) is 0 Å². The number of carbonyl (C=O) groups is 1. The molecule has 110 valence electrons. The van der Waals surface area contributed by atoms with Crippen LogP contribution in [0.3, 0.4) is 0 Å². The van der Waals surface area contributed by atoms with Crippen molar-refractivity contribution in [3.05, 3.63) is 18.1 Å². The van der Waals surface area contributed by atoms with Crippen LogP contribution in [0, 0.1) is 11.7 Å². The van der Waals surface area contributed by atoms with E-state index in [1.165, 1.54) is 19.4 Å². The summed E-state index contributed by atoms with van der Waals surface area (Å²) in [6, 6.07) is 1.44. The van der Waals surface area contributed by atoms with Gasteiger partial charge in [-0.3, -0.25) is 4.79 Å². The minimum Gasteiger partial charge on any atom is -0.493 e. The van der Waals surface area contributed by atoms with Crippen LogP contribution in [0.5, 0.6) is 5.75 Å². The van der Waals surface area contributed by atoms with Crippen LogP contribution in [0.15, 0.2) is 12.3 Å². The van der Waals surface area contributed by atoms with Crippen LogP contribution in [-0.4, -0.2) is 49.3 Å². The molecule has 1 fully saturated rings. The van der Waals surface area contributed by atoms with E-state index in [2.05, 4.69) is 10.3 Å². The normalized spacial score (nSPS) is 21.9. The van der Waals surface area contributed by atoms with Gasteiger partial charge in [-0.25, -0.2) is 4.98 Å². The Hall–Kier alpha value is -1.89. The molecule has 2 N–H and O–H groups in total. The number of rotatable bonds is 4. The van der Waals surface area contributed by atoms with Crippen molar-refractivity contribution in [1.82, 2.24) is 10.3 Å². The van der Waals surface area contributed by atoms with Gasteiger partial charge in [0.05, 0.1) is 13.2 Å². The lowest BCUT2D eigenvalue weighted by atomic mass is 10.0. The minimum absolute atomic E-state index is 0.110. The van der Waals surface area contributed by atoms with E-state index in [0.717, 1.165) is 0 Å². The Morgan fingerprint density at radius 1 is 1.65 bits per heavy atom. The molecular weight excluding hydrogens is 265 g/mol. The summed E-state index contributed by atoms with van der Waals surface area (Å²) in [6.45, 7) is 0.629. The fourth-order valence-corrected chi connectivity index (χ4v) is 2.36. The number of pyridine rings is 1. The molecule has 2 atom stereocenters. The highest BCUT2D eigenvalue weighted by atomic mass is 19.1. The molecule has 1 aliphatic heterocycles. The zero-order valence-electron chi connectivity index (χ0n) is 11.5. The van der Waals surface area contributed by atoms with Crippen molar-refractivity contribution in [3.8, 4) is 5.75 Å². The van der Waals surface area contributed by atoms with Crippen LogP contribution in [0.25, 0.3) is 0 Å². The number of amides is 1. The summed E-state index contributed by atoms with van der Waals surface area (Å²) >= 11 is 0. The van der Waals surface area contributed by atoms with Crippen molar-refractivity contribution in [2.45, 2.75) is 12.5 Å². The molecule has 0 saturated carbocycles. The molecule has 1 aromatic heterocycles. The van der Waals surface area contributed by atoms with Crippen molar-refractivity contribution in [2.24, 2.45) is 5.92 Å². The quantitative estimate of drug-likeness (QED) is 0.823. The van der Waals surface area contributed by atoms with Gasteiger partial charge in [-0.1, -0.05) is 0 Å². The summed E-state index contributed by atoms with van der Waals surface area (Å²) in [5.41, 5.74) is 0. The topological polar surface area (TPSA) is 74.7 Å². The second-order valence-electron chi connectivity index (χ2n) is 4.76. The number of carbonyl (C=O) groups excluding carboxylic acids is 1. The molecule has 20 heavy (non-hydrogen) atoms. The zero-order valence-corrected chi connectivity index (χ0v) is 11.5. The van der Waals surface area contributed by atoms with E-state index < -0.39 is 11.9 Å². The molecule has 0 bridgehead atoms. The number of hydrogen-bond donors (Lipinski definition) is 2. The molecule has 0 aromatic carbocycles. The van der Waals surface area contributed by atoms with Gasteiger partial charge in [-0.2, -0.15) is 4.39 Å². The molecule has 0 spiro atoms. The van der Waals surface area contributed by atoms with Crippen molar-refractivity contribution in [1.29, 1.82) is 0 Å². The molecule has 0 unspecified atom stereocenters. The van der Waals surface area contributed by atoms with Gasteiger partial charge in [0.1, 0.15) is 0 Å². The number of ether oxygens (including phenoxy) is 1. The SMILES string of the molecule is CNC(=O)C[C@@H]1CN(c2nccc(OC)c2F)C[C@H]1O. The van der Waals surface area contributed by atoms with Gasteiger partial charge in [0.25, 0.3) is 0 Å². The highest BCUT2D eigenvalue weighted by Crippen LogP contribution is 2.30. The Labute approximate surface area is 116 Å². The second-order valence-corrected chi connectivity index (χ2v) is 4.76. The van der Waals surface area contributed by atoms with Crippen molar-refractivity contribution in [3.63, 3.8) is 0 Å². The fraction of sp³-hybridized carbons (Fsp3) is 0.538. The van der Waals surface area contributed by atoms with Crippen LogP contribution in [0.4, 0.5) is 10.2 Å². The third-order valence-electron chi connectivity index (χ3n) is 3.49. The Bertz CT molecular complexity index is 498. The van der Waals surface area contributed by atoms with E-state index in [4.69, 9.17) is 4.74 Å². The maximum atomic E-state index is 14.1. The van der Waals surface area contributed by atoms with Crippen molar-refractivity contribution in [2.75, 3.05) is 32.1 Å². The van der Waals surface area contributed by atoms with Crippen LogP contribution in [0.1, 0.15) is 6.42 Å². The van der Waals surface area contributed by atoms with Gasteiger partial charge in [0.2, 0.25) is 11.7 Å². The number of nitrogens with zero attached hydrogens (tertiary/aromatic N) is 2. The second kappa shape index (κ2) is 6.04. The standard InChI is InChI=1S/C13H18FN3O3/c1-15-11(19)5-8-6-17(7-9(8)18)13-12(14)10(20-2)3-4-16-13/h3-4,8-9,18H,5-7H2,1-2H3,(H,15,19)/t8-,9-/m1/s1. The Kier molecular flexibility index (Phi) is 4.39. The predicted molar refractivity (Wildman–Crippen MR) is 71.1 cm³/mol. The highest BCUT2D eigenvalue weighted by Gasteiger charge is 2.34. The van der Waals surface area contributed by atoms with Crippen molar-refractivity contribution < 1.29 is 19.0 Å². The molecule has 1 amide bonds. The average Bonchev–Trinajstić information content (AvgIpc) is 2.80. The first-order valence-corrected chi connectivity index (χ1v) is 6.39. The number of aliphatic hydroxyl groups is 1. The summed E-state index contributed by atoms with van der Waals surface area (Å²) in [7, 11) is 2.93. The van der Waals surface area contributed by atoms with E-state index in [1.54, 1.807) is 11.9 Å². The summed E-state index contributed by atoms with van der Waals surface area (Å²) < 4.78 is 19.0. The van der Waals surface area contributed by atoms with Gasteiger partial charge in [-0.05, 0) is 0 Å². The molecule has 2 heterocycles. The molecule has 0 aliphatic carbocycles. The number of aliphatic hydroxyl groups excluding tert-OH is 1. The molecule has 1 aromatic rings. The number of nitrogens with one attached hydrogen (secondary N) is 1. The lowest BCUT2D eigenvalue weighted by Gasteiger charge is -2.18. The lowest BCUT2D eigenvalue weighted by molar-refractivity contribution is -0.122. The smallest absolute Gasteiger partial charge is 0.220 e. The van der Waals surface area contributed by atoms with Crippen LogP contribution < -0.4 is 15.0 Å². The molecule has 2 rings (SSSR count). The largest absolute Gasteiger partial charge is 0.493 e. The number of methoxy groups -OCH3 is 1. The first-order chi connectivity index (χ1) is 9.56.